The maximum absolute atomic E-state index is 12.3. The van der Waals surface area contributed by atoms with Crippen LogP contribution in [-0.2, 0) is 4.79 Å². The Hall–Kier alpha value is -2.05. The largest absolute Gasteiger partial charge is 0.478 e. The van der Waals surface area contributed by atoms with E-state index in [9.17, 15) is 4.79 Å². The van der Waals surface area contributed by atoms with Crippen LogP contribution in [0.4, 0.5) is 5.13 Å². The fraction of sp³-hybridized carbons (Fsp3) is 0.200. The molecule has 0 aliphatic heterocycles. The van der Waals surface area contributed by atoms with Crippen LogP contribution < -0.4 is 10.1 Å². The van der Waals surface area contributed by atoms with Crippen molar-refractivity contribution in [3.05, 3.63) is 41.0 Å². The van der Waals surface area contributed by atoms with Crippen molar-refractivity contribution < 1.29 is 9.53 Å². The standard InChI is InChI=1S/C15H14ClN3O2S/c1-15(2,13(20)19-14-18-8-12(16)22-14)21-10-3-4-11-9(7-10)5-6-17-11/h3-8,17H,1-2H3,(H,18,19,20). The number of anilines is 1. The van der Waals surface area contributed by atoms with Crippen LogP contribution >= 0.6 is 22.9 Å². The van der Waals surface area contributed by atoms with Gasteiger partial charge in [-0.15, -0.1) is 0 Å². The maximum atomic E-state index is 12.3. The van der Waals surface area contributed by atoms with Crippen molar-refractivity contribution >= 4 is 44.9 Å². The Morgan fingerprint density at radius 2 is 2.23 bits per heavy atom. The van der Waals surface area contributed by atoms with Gasteiger partial charge in [-0.05, 0) is 38.1 Å². The lowest BCUT2D eigenvalue weighted by Gasteiger charge is -2.24. The zero-order valence-electron chi connectivity index (χ0n) is 12.0. The third kappa shape index (κ3) is 3.08. The molecule has 0 saturated heterocycles. The first-order valence-electron chi connectivity index (χ1n) is 6.63. The van der Waals surface area contributed by atoms with Gasteiger partial charge in [-0.3, -0.25) is 10.1 Å². The number of benzene rings is 1. The predicted octanol–water partition coefficient (Wildman–Crippen LogP) is 4.07. The molecule has 7 heteroatoms. The summed E-state index contributed by atoms with van der Waals surface area (Å²) in [6.07, 6.45) is 3.36. The highest BCUT2D eigenvalue weighted by Gasteiger charge is 2.30. The quantitative estimate of drug-likeness (QED) is 0.755. The molecule has 3 aromatic rings. The monoisotopic (exact) mass is 335 g/mol. The summed E-state index contributed by atoms with van der Waals surface area (Å²) in [6, 6.07) is 7.58. The number of aromatic amines is 1. The lowest BCUT2D eigenvalue weighted by Crippen LogP contribution is -2.42. The summed E-state index contributed by atoms with van der Waals surface area (Å²) in [4.78, 5) is 19.5. The number of ether oxygens (including phenoxy) is 1. The Kier molecular flexibility index (Phi) is 3.80. The first-order chi connectivity index (χ1) is 10.4. The van der Waals surface area contributed by atoms with Gasteiger partial charge in [0.15, 0.2) is 10.7 Å². The first-order valence-corrected chi connectivity index (χ1v) is 7.82. The highest BCUT2D eigenvalue weighted by atomic mass is 35.5. The van der Waals surface area contributed by atoms with Crippen molar-refractivity contribution in [3.8, 4) is 5.75 Å². The number of H-pyrrole nitrogens is 1. The summed E-state index contributed by atoms with van der Waals surface area (Å²) in [5.41, 5.74) is -0.0192. The molecule has 114 valence electrons. The predicted molar refractivity (Wildman–Crippen MR) is 88.8 cm³/mol. The summed E-state index contributed by atoms with van der Waals surface area (Å²) in [6.45, 7) is 3.41. The normalized spacial score (nSPS) is 11.6. The molecule has 0 aliphatic rings. The van der Waals surface area contributed by atoms with Crippen molar-refractivity contribution in [3.63, 3.8) is 0 Å². The molecule has 0 spiro atoms. The van der Waals surface area contributed by atoms with Gasteiger partial charge in [-0.25, -0.2) is 4.98 Å². The molecular formula is C15H14ClN3O2S. The number of halogens is 1. The van der Waals surface area contributed by atoms with Crippen LogP contribution in [0.3, 0.4) is 0 Å². The molecular weight excluding hydrogens is 322 g/mol. The van der Waals surface area contributed by atoms with Gasteiger partial charge >= 0.3 is 0 Å². The van der Waals surface area contributed by atoms with E-state index in [0.29, 0.717) is 15.2 Å². The zero-order valence-corrected chi connectivity index (χ0v) is 13.6. The van der Waals surface area contributed by atoms with Gasteiger partial charge in [0.25, 0.3) is 5.91 Å². The molecule has 0 saturated carbocycles. The Labute approximate surface area is 136 Å². The molecule has 3 rings (SSSR count). The third-order valence-electron chi connectivity index (χ3n) is 3.14. The fourth-order valence-electron chi connectivity index (χ4n) is 2.00. The van der Waals surface area contributed by atoms with E-state index < -0.39 is 5.60 Å². The molecule has 5 nitrogen and oxygen atoms in total. The van der Waals surface area contributed by atoms with E-state index in [4.69, 9.17) is 16.3 Å². The Balaban J connectivity index is 1.75. The minimum absolute atomic E-state index is 0.285. The van der Waals surface area contributed by atoms with Crippen molar-refractivity contribution in [1.29, 1.82) is 0 Å². The van der Waals surface area contributed by atoms with E-state index in [-0.39, 0.29) is 5.91 Å². The molecule has 1 amide bonds. The molecule has 0 unspecified atom stereocenters. The van der Waals surface area contributed by atoms with Gasteiger partial charge in [0.05, 0.1) is 6.20 Å². The zero-order chi connectivity index (χ0) is 15.7. The van der Waals surface area contributed by atoms with Crippen LogP contribution in [0.2, 0.25) is 4.34 Å². The van der Waals surface area contributed by atoms with Crippen LogP contribution in [-0.4, -0.2) is 21.5 Å². The van der Waals surface area contributed by atoms with E-state index in [0.717, 1.165) is 10.9 Å². The van der Waals surface area contributed by atoms with Crippen LogP contribution in [0.1, 0.15) is 13.8 Å². The van der Waals surface area contributed by atoms with Crippen LogP contribution in [0, 0.1) is 0 Å². The third-order valence-corrected chi connectivity index (χ3v) is 4.17. The molecule has 1 aromatic carbocycles. The van der Waals surface area contributed by atoms with Crippen LogP contribution in [0.25, 0.3) is 10.9 Å². The molecule has 0 bridgehead atoms. The number of aromatic nitrogens is 2. The molecule has 22 heavy (non-hydrogen) atoms. The SMILES string of the molecule is CC(C)(Oc1ccc2[nH]ccc2c1)C(=O)Nc1ncc(Cl)s1. The van der Waals surface area contributed by atoms with Gasteiger partial charge in [0, 0.05) is 17.1 Å². The average Bonchev–Trinajstić information content (AvgIpc) is 3.06. The van der Waals surface area contributed by atoms with Gasteiger partial charge < -0.3 is 9.72 Å². The minimum atomic E-state index is -1.04. The van der Waals surface area contributed by atoms with Gasteiger partial charge in [-0.1, -0.05) is 22.9 Å². The number of carbonyl (C=O) groups is 1. The summed E-state index contributed by atoms with van der Waals surface area (Å²) >= 11 is 7.01. The van der Waals surface area contributed by atoms with Crippen molar-refractivity contribution in [1.82, 2.24) is 9.97 Å². The molecule has 2 aromatic heterocycles. The molecule has 2 N–H and O–H groups in total. The van der Waals surface area contributed by atoms with E-state index in [1.807, 2.05) is 30.5 Å². The Morgan fingerprint density at radius 1 is 1.41 bits per heavy atom. The second-order valence-electron chi connectivity index (χ2n) is 5.26. The lowest BCUT2D eigenvalue weighted by molar-refractivity contribution is -0.128. The molecule has 0 atom stereocenters. The van der Waals surface area contributed by atoms with E-state index in [2.05, 4.69) is 15.3 Å². The average molecular weight is 336 g/mol. The summed E-state index contributed by atoms with van der Waals surface area (Å²) in [7, 11) is 0. The van der Waals surface area contributed by atoms with E-state index in [1.54, 1.807) is 13.8 Å². The number of fused-ring (bicyclic) bond motifs is 1. The maximum Gasteiger partial charge on any atom is 0.269 e. The Morgan fingerprint density at radius 3 is 2.95 bits per heavy atom. The highest BCUT2D eigenvalue weighted by molar-refractivity contribution is 7.19. The molecule has 0 fully saturated rings. The minimum Gasteiger partial charge on any atom is -0.478 e. The van der Waals surface area contributed by atoms with Crippen molar-refractivity contribution in [2.75, 3.05) is 5.32 Å². The number of amides is 1. The number of nitrogens with zero attached hydrogens (tertiary/aromatic N) is 1. The number of hydrogen-bond donors (Lipinski definition) is 2. The van der Waals surface area contributed by atoms with Gasteiger partial charge in [-0.2, -0.15) is 0 Å². The van der Waals surface area contributed by atoms with E-state index >= 15 is 0 Å². The number of hydrogen-bond acceptors (Lipinski definition) is 4. The van der Waals surface area contributed by atoms with Gasteiger partial charge in [0.1, 0.15) is 10.1 Å². The first kappa shape index (κ1) is 14.9. The summed E-state index contributed by atoms with van der Waals surface area (Å²) in [5, 5.41) is 4.19. The second kappa shape index (κ2) is 5.62. The molecule has 0 aliphatic carbocycles. The fourth-order valence-corrected chi connectivity index (χ4v) is 2.80. The number of rotatable bonds is 4. The van der Waals surface area contributed by atoms with Crippen LogP contribution in [0.15, 0.2) is 36.7 Å². The van der Waals surface area contributed by atoms with Crippen molar-refractivity contribution in [2.45, 2.75) is 19.4 Å². The smallest absolute Gasteiger partial charge is 0.269 e. The van der Waals surface area contributed by atoms with E-state index in [1.165, 1.54) is 17.5 Å². The Bertz CT molecular complexity index is 825. The van der Waals surface area contributed by atoms with Crippen LogP contribution in [0.5, 0.6) is 5.75 Å². The molecule has 2 heterocycles. The van der Waals surface area contributed by atoms with Crippen molar-refractivity contribution in [2.24, 2.45) is 0 Å². The topological polar surface area (TPSA) is 67.0 Å². The summed E-state index contributed by atoms with van der Waals surface area (Å²) in [5.74, 6) is 0.345. The van der Waals surface area contributed by atoms with Gasteiger partial charge in [0.2, 0.25) is 0 Å². The number of carbonyl (C=O) groups excluding carboxylic acids is 1. The second-order valence-corrected chi connectivity index (χ2v) is 6.92. The number of thiazole rings is 1. The highest BCUT2D eigenvalue weighted by Crippen LogP contribution is 2.26. The molecule has 0 radical (unpaired) electrons. The lowest BCUT2D eigenvalue weighted by atomic mass is 10.1. The summed E-state index contributed by atoms with van der Waals surface area (Å²) < 4.78 is 6.36. The number of nitrogens with one attached hydrogen (secondary N) is 2.